The highest BCUT2D eigenvalue weighted by Gasteiger charge is 2.35. The van der Waals surface area contributed by atoms with Gasteiger partial charge in [0.1, 0.15) is 0 Å². The predicted molar refractivity (Wildman–Crippen MR) is 92.2 cm³/mol. The number of morpholine rings is 1. The van der Waals surface area contributed by atoms with Gasteiger partial charge in [-0.25, -0.2) is 0 Å². The van der Waals surface area contributed by atoms with E-state index in [4.69, 9.17) is 4.74 Å². The lowest BCUT2D eigenvalue weighted by molar-refractivity contribution is -0.138. The number of carbonyl (C=O) groups excluding carboxylic acids is 2. The number of halogens is 3. The molecule has 0 aromatic heterocycles. The number of nitrogens with one attached hydrogen (secondary N) is 3. The molecule has 1 aromatic carbocycles. The van der Waals surface area contributed by atoms with E-state index in [1.165, 1.54) is 6.07 Å². The first-order valence-electron chi connectivity index (χ1n) is 8.80. The number of nitrogens with zero attached hydrogens (tertiary/aromatic N) is 1. The Morgan fingerprint density at radius 1 is 1.32 bits per heavy atom. The summed E-state index contributed by atoms with van der Waals surface area (Å²) in [5, 5.41) is 17.9. The molecule has 2 heterocycles. The Kier molecular flexibility index (Phi) is 6.06. The van der Waals surface area contributed by atoms with E-state index in [1.54, 1.807) is 0 Å². The van der Waals surface area contributed by atoms with Crippen LogP contribution >= 0.6 is 0 Å². The molecule has 0 bridgehead atoms. The predicted octanol–water partition coefficient (Wildman–Crippen LogP) is 0.833. The third-order valence-corrected chi connectivity index (χ3v) is 4.60. The van der Waals surface area contributed by atoms with Crippen LogP contribution in [0, 0.1) is 0 Å². The Hall–Kier alpha value is -2.37. The summed E-state index contributed by atoms with van der Waals surface area (Å²) in [5.41, 5.74) is -1.58. The molecule has 2 amide bonds. The molecule has 2 aliphatic rings. The highest BCUT2D eigenvalue weighted by molar-refractivity contribution is 5.93. The molecule has 154 valence electrons. The van der Waals surface area contributed by atoms with Crippen LogP contribution in [-0.2, 0) is 20.5 Å². The number of phenolic OH excluding ortho intramolecular Hbond substituents is 1. The second-order valence-corrected chi connectivity index (χ2v) is 6.61. The minimum Gasteiger partial charge on any atom is -0.505 e. The molecular formula is C17H21F3N4O4. The maximum Gasteiger partial charge on any atom is 0.420 e. The van der Waals surface area contributed by atoms with Crippen LogP contribution in [0.3, 0.4) is 0 Å². The molecule has 2 aliphatic heterocycles. The quantitative estimate of drug-likeness (QED) is 0.557. The van der Waals surface area contributed by atoms with E-state index < -0.39 is 29.6 Å². The summed E-state index contributed by atoms with van der Waals surface area (Å²) in [6.45, 7) is 2.42. The van der Waals surface area contributed by atoms with Crippen LogP contribution in [0.5, 0.6) is 5.75 Å². The summed E-state index contributed by atoms with van der Waals surface area (Å²) in [6, 6.07) is 2.99. The van der Waals surface area contributed by atoms with E-state index >= 15 is 0 Å². The zero-order valence-electron chi connectivity index (χ0n) is 14.9. The highest BCUT2D eigenvalue weighted by atomic mass is 19.4. The van der Waals surface area contributed by atoms with Crippen LogP contribution in [0.1, 0.15) is 18.4 Å². The second-order valence-electron chi connectivity index (χ2n) is 6.61. The topological polar surface area (TPSA) is 103 Å². The van der Waals surface area contributed by atoms with Gasteiger partial charge in [0, 0.05) is 13.1 Å². The number of alkyl halides is 3. The number of anilines is 1. The average Bonchev–Trinajstić information content (AvgIpc) is 2.62. The number of phenols is 1. The normalized spacial score (nSPS) is 23.9. The van der Waals surface area contributed by atoms with Crippen LogP contribution in [-0.4, -0.2) is 60.5 Å². The van der Waals surface area contributed by atoms with Crippen molar-refractivity contribution >= 4 is 17.5 Å². The van der Waals surface area contributed by atoms with Gasteiger partial charge in [0.15, 0.2) is 5.75 Å². The molecule has 4 N–H and O–H groups in total. The van der Waals surface area contributed by atoms with Gasteiger partial charge >= 0.3 is 6.18 Å². The molecule has 2 unspecified atom stereocenters. The van der Waals surface area contributed by atoms with Gasteiger partial charge < -0.3 is 20.5 Å². The summed E-state index contributed by atoms with van der Waals surface area (Å²) in [4.78, 5) is 26.3. The van der Waals surface area contributed by atoms with Crippen molar-refractivity contribution in [2.24, 2.45) is 0 Å². The van der Waals surface area contributed by atoms with E-state index in [1.807, 2.05) is 4.90 Å². The molecule has 0 aliphatic carbocycles. The number of rotatable bonds is 4. The molecule has 8 nitrogen and oxygen atoms in total. The van der Waals surface area contributed by atoms with Crippen molar-refractivity contribution in [1.29, 1.82) is 0 Å². The monoisotopic (exact) mass is 402 g/mol. The van der Waals surface area contributed by atoms with E-state index in [0.717, 1.165) is 12.1 Å². The zero-order valence-corrected chi connectivity index (χ0v) is 14.9. The van der Waals surface area contributed by atoms with E-state index in [2.05, 4.69) is 16.0 Å². The first-order valence-corrected chi connectivity index (χ1v) is 8.80. The summed E-state index contributed by atoms with van der Waals surface area (Å²) in [6.07, 6.45) is -5.65. The first-order chi connectivity index (χ1) is 13.2. The van der Waals surface area contributed by atoms with Gasteiger partial charge in [0.05, 0.1) is 49.6 Å². The van der Waals surface area contributed by atoms with Gasteiger partial charge in [0.2, 0.25) is 11.8 Å². The minimum atomic E-state index is -4.74. The van der Waals surface area contributed by atoms with E-state index in [9.17, 15) is 27.9 Å². The molecule has 2 fully saturated rings. The van der Waals surface area contributed by atoms with Gasteiger partial charge in [-0.3, -0.25) is 19.8 Å². The third kappa shape index (κ3) is 4.91. The number of hydrogen-bond acceptors (Lipinski definition) is 6. The molecule has 11 heteroatoms. The average molecular weight is 402 g/mol. The van der Waals surface area contributed by atoms with Crippen molar-refractivity contribution < 1.29 is 32.6 Å². The van der Waals surface area contributed by atoms with Crippen LogP contribution in [0.15, 0.2) is 18.2 Å². The van der Waals surface area contributed by atoms with Crippen molar-refractivity contribution in [2.75, 3.05) is 31.6 Å². The number of carbonyl (C=O) groups is 2. The molecule has 2 saturated heterocycles. The Bertz CT molecular complexity index is 738. The minimum absolute atomic E-state index is 0.206. The highest BCUT2D eigenvalue weighted by Crippen LogP contribution is 2.39. The number of aromatic hydroxyl groups is 1. The van der Waals surface area contributed by atoms with Gasteiger partial charge in [0.25, 0.3) is 0 Å². The molecular weight excluding hydrogens is 381 g/mol. The second kappa shape index (κ2) is 8.33. The van der Waals surface area contributed by atoms with Crippen molar-refractivity contribution in [3.05, 3.63) is 23.8 Å². The van der Waals surface area contributed by atoms with Crippen molar-refractivity contribution in [2.45, 2.75) is 31.3 Å². The SMILES string of the molecule is O=C(CC1NC(=O)CC(N2CCOCC2)N1)Nc1cccc(C(F)(F)F)c1O. The largest absolute Gasteiger partial charge is 0.505 e. The summed E-state index contributed by atoms with van der Waals surface area (Å²) in [5.74, 6) is -1.92. The molecule has 28 heavy (non-hydrogen) atoms. The van der Waals surface area contributed by atoms with Crippen LogP contribution < -0.4 is 16.0 Å². The molecule has 0 spiro atoms. The number of hydrogen-bond donors (Lipinski definition) is 4. The van der Waals surface area contributed by atoms with Gasteiger partial charge in [-0.15, -0.1) is 0 Å². The zero-order chi connectivity index (χ0) is 20.3. The lowest BCUT2D eigenvalue weighted by atomic mass is 10.1. The maximum absolute atomic E-state index is 12.9. The number of ether oxygens (including phenoxy) is 1. The Labute approximate surface area is 159 Å². The fourth-order valence-corrected chi connectivity index (χ4v) is 3.26. The fourth-order valence-electron chi connectivity index (χ4n) is 3.26. The van der Waals surface area contributed by atoms with Crippen LogP contribution in [0.2, 0.25) is 0 Å². The fraction of sp³-hybridized carbons (Fsp3) is 0.529. The Balaban J connectivity index is 1.62. The first kappa shape index (κ1) is 20.4. The molecule has 1 aromatic rings. The molecule has 3 rings (SSSR count). The van der Waals surface area contributed by atoms with Crippen LogP contribution in [0.25, 0.3) is 0 Å². The Morgan fingerprint density at radius 2 is 2.04 bits per heavy atom. The van der Waals surface area contributed by atoms with Crippen molar-refractivity contribution in [3.63, 3.8) is 0 Å². The van der Waals surface area contributed by atoms with Crippen molar-refractivity contribution in [3.8, 4) is 5.75 Å². The van der Waals surface area contributed by atoms with Gasteiger partial charge in [-0.1, -0.05) is 6.07 Å². The lowest BCUT2D eigenvalue weighted by Gasteiger charge is -2.40. The summed E-state index contributed by atoms with van der Waals surface area (Å²) < 4.78 is 43.9. The van der Waals surface area contributed by atoms with Crippen molar-refractivity contribution in [1.82, 2.24) is 15.5 Å². The number of amides is 2. The maximum atomic E-state index is 12.9. The van der Waals surface area contributed by atoms with E-state index in [-0.39, 0.29) is 30.6 Å². The Morgan fingerprint density at radius 3 is 2.71 bits per heavy atom. The standard InChI is InChI=1S/C17H21F3N4O4/c18-17(19,20)10-2-1-3-11(16(10)27)21-14(25)8-12-22-13(9-15(26)23-12)24-4-6-28-7-5-24/h1-3,12-13,22,27H,4-9H2,(H,21,25)(H,23,26). The summed E-state index contributed by atoms with van der Waals surface area (Å²) in [7, 11) is 0. The van der Waals surface area contributed by atoms with Crippen LogP contribution in [0.4, 0.5) is 18.9 Å². The molecule has 0 radical (unpaired) electrons. The smallest absolute Gasteiger partial charge is 0.420 e. The molecule has 0 saturated carbocycles. The molecule has 2 atom stereocenters. The third-order valence-electron chi connectivity index (χ3n) is 4.60. The van der Waals surface area contributed by atoms with E-state index in [0.29, 0.717) is 26.3 Å². The van der Waals surface area contributed by atoms with Gasteiger partial charge in [-0.05, 0) is 12.1 Å². The number of benzene rings is 1. The summed E-state index contributed by atoms with van der Waals surface area (Å²) >= 11 is 0. The van der Waals surface area contributed by atoms with Gasteiger partial charge in [-0.2, -0.15) is 13.2 Å². The number of para-hydroxylation sites is 1. The lowest BCUT2D eigenvalue weighted by Crippen LogP contribution is -2.63.